The maximum atomic E-state index is 5.74. The van der Waals surface area contributed by atoms with Crippen LogP contribution < -0.4 is 11.1 Å². The zero-order valence-electron chi connectivity index (χ0n) is 9.59. The lowest BCUT2D eigenvalue weighted by Gasteiger charge is -2.35. The van der Waals surface area contributed by atoms with Crippen molar-refractivity contribution >= 4 is 5.96 Å². The van der Waals surface area contributed by atoms with Crippen molar-refractivity contribution in [2.24, 2.45) is 10.7 Å². The minimum absolute atomic E-state index is 0.100. The summed E-state index contributed by atoms with van der Waals surface area (Å²) in [5.41, 5.74) is 10.2. The third-order valence-corrected chi connectivity index (χ3v) is 3.84. The smallest absolute Gasteiger partial charge is 0.189 e. The molecule has 0 radical (unpaired) electrons. The predicted octanol–water partition coefficient (Wildman–Crippen LogP) is 1.14. The predicted molar refractivity (Wildman–Crippen MR) is 65.6 cm³/mol. The molecule has 0 fully saturated rings. The number of benzene rings is 1. The quantitative estimate of drug-likeness (QED) is 0.682. The molecule has 1 atom stereocenters. The van der Waals surface area contributed by atoms with Crippen molar-refractivity contribution in [1.29, 1.82) is 0 Å². The molecule has 1 aliphatic carbocycles. The molecule has 3 heteroatoms. The molecule has 0 aromatic heterocycles. The molecule has 1 spiro atoms. The maximum Gasteiger partial charge on any atom is 0.189 e. The Bertz CT molecular complexity index is 464. The number of hydrogen-bond donors (Lipinski definition) is 2. The lowest BCUT2D eigenvalue weighted by atomic mass is 9.77. The first-order valence-corrected chi connectivity index (χ1v) is 5.84. The maximum absolute atomic E-state index is 5.74. The summed E-state index contributed by atoms with van der Waals surface area (Å²) in [7, 11) is 0. The molecule has 3 rings (SSSR count). The van der Waals surface area contributed by atoms with Crippen molar-refractivity contribution in [2.75, 3.05) is 6.54 Å². The van der Waals surface area contributed by atoms with Gasteiger partial charge in [-0.15, -0.1) is 0 Å². The second-order valence-electron chi connectivity index (χ2n) is 5.00. The van der Waals surface area contributed by atoms with Gasteiger partial charge in [0.05, 0.1) is 12.1 Å². The fourth-order valence-corrected chi connectivity index (χ4v) is 2.88. The highest BCUT2D eigenvalue weighted by Gasteiger charge is 2.38. The van der Waals surface area contributed by atoms with Crippen LogP contribution in [0.25, 0.3) is 0 Å². The lowest BCUT2D eigenvalue weighted by Crippen LogP contribution is -2.51. The molecule has 1 aromatic rings. The molecule has 3 N–H and O–H groups in total. The van der Waals surface area contributed by atoms with E-state index in [1.807, 2.05) is 0 Å². The Labute approximate surface area is 95.8 Å². The van der Waals surface area contributed by atoms with Gasteiger partial charge in [0.2, 0.25) is 0 Å². The standard InChI is InChI=1S/C13H17N3/c1-9-3-2-4-10-5-6-13(7-11(9)10)8-15-12(14)16-13/h2-4H,5-8H2,1H3,(H3,14,15,16). The van der Waals surface area contributed by atoms with Gasteiger partial charge in [0.15, 0.2) is 5.96 Å². The van der Waals surface area contributed by atoms with Crippen LogP contribution in [-0.4, -0.2) is 18.0 Å². The number of nitrogens with zero attached hydrogens (tertiary/aromatic N) is 1. The highest BCUT2D eigenvalue weighted by molar-refractivity contribution is 5.81. The van der Waals surface area contributed by atoms with Gasteiger partial charge in [-0.1, -0.05) is 18.2 Å². The van der Waals surface area contributed by atoms with Crippen LogP contribution in [0.15, 0.2) is 23.2 Å². The van der Waals surface area contributed by atoms with Gasteiger partial charge in [-0.05, 0) is 42.9 Å². The Kier molecular flexibility index (Phi) is 1.96. The number of rotatable bonds is 0. The van der Waals surface area contributed by atoms with Crippen LogP contribution >= 0.6 is 0 Å². The molecule has 84 valence electrons. The molecule has 1 unspecified atom stereocenters. The third kappa shape index (κ3) is 1.39. The molecule has 1 heterocycles. The van der Waals surface area contributed by atoms with Crippen LogP contribution in [-0.2, 0) is 12.8 Å². The highest BCUT2D eigenvalue weighted by Crippen LogP contribution is 2.32. The first kappa shape index (κ1) is 9.70. The number of guanidine groups is 1. The second-order valence-corrected chi connectivity index (χ2v) is 5.00. The molecule has 2 aliphatic rings. The normalized spacial score (nSPS) is 27.4. The number of aliphatic imine (C=N–C) groups is 1. The average Bonchev–Trinajstić information content (AvgIpc) is 2.62. The van der Waals surface area contributed by atoms with Crippen LogP contribution in [0.4, 0.5) is 0 Å². The Morgan fingerprint density at radius 2 is 2.31 bits per heavy atom. The average molecular weight is 215 g/mol. The van der Waals surface area contributed by atoms with E-state index >= 15 is 0 Å². The van der Waals surface area contributed by atoms with Crippen molar-refractivity contribution in [2.45, 2.75) is 31.7 Å². The van der Waals surface area contributed by atoms with Crippen molar-refractivity contribution in [3.63, 3.8) is 0 Å². The summed E-state index contributed by atoms with van der Waals surface area (Å²) in [5.74, 6) is 0.608. The fraction of sp³-hybridized carbons (Fsp3) is 0.462. The summed E-state index contributed by atoms with van der Waals surface area (Å²) in [4.78, 5) is 4.30. The van der Waals surface area contributed by atoms with E-state index in [0.717, 1.165) is 25.8 Å². The molecule has 1 aliphatic heterocycles. The molecule has 16 heavy (non-hydrogen) atoms. The third-order valence-electron chi connectivity index (χ3n) is 3.84. The van der Waals surface area contributed by atoms with Gasteiger partial charge in [-0.3, -0.25) is 4.99 Å². The zero-order chi connectivity index (χ0) is 11.2. The molecule has 0 saturated heterocycles. The van der Waals surface area contributed by atoms with Crippen molar-refractivity contribution in [3.8, 4) is 0 Å². The van der Waals surface area contributed by atoms with Crippen molar-refractivity contribution < 1.29 is 0 Å². The van der Waals surface area contributed by atoms with Gasteiger partial charge in [0, 0.05) is 0 Å². The van der Waals surface area contributed by atoms with E-state index in [1.54, 1.807) is 0 Å². The van der Waals surface area contributed by atoms with Crippen LogP contribution in [0.1, 0.15) is 23.1 Å². The van der Waals surface area contributed by atoms with Gasteiger partial charge >= 0.3 is 0 Å². The summed E-state index contributed by atoms with van der Waals surface area (Å²) < 4.78 is 0. The Morgan fingerprint density at radius 1 is 1.44 bits per heavy atom. The number of fused-ring (bicyclic) bond motifs is 1. The minimum Gasteiger partial charge on any atom is -0.370 e. The molecule has 0 bridgehead atoms. The van der Waals surface area contributed by atoms with Gasteiger partial charge in [0.25, 0.3) is 0 Å². The van der Waals surface area contributed by atoms with Gasteiger partial charge in [0.1, 0.15) is 0 Å². The van der Waals surface area contributed by atoms with Crippen molar-refractivity contribution in [1.82, 2.24) is 5.32 Å². The highest BCUT2D eigenvalue weighted by atomic mass is 15.2. The number of aryl methyl sites for hydroxylation is 2. The SMILES string of the molecule is Cc1cccc2c1CC1(CC2)CN=C(N)N1. The van der Waals surface area contributed by atoms with Crippen LogP contribution in [0, 0.1) is 6.92 Å². The largest absolute Gasteiger partial charge is 0.370 e. The molecule has 0 amide bonds. The van der Waals surface area contributed by atoms with E-state index in [9.17, 15) is 0 Å². The Balaban J connectivity index is 1.95. The fourth-order valence-electron chi connectivity index (χ4n) is 2.88. The number of nitrogens with one attached hydrogen (secondary N) is 1. The van der Waals surface area contributed by atoms with Gasteiger partial charge in [-0.2, -0.15) is 0 Å². The van der Waals surface area contributed by atoms with Crippen LogP contribution in [0.2, 0.25) is 0 Å². The van der Waals surface area contributed by atoms with E-state index in [-0.39, 0.29) is 5.54 Å². The van der Waals surface area contributed by atoms with Crippen LogP contribution in [0.3, 0.4) is 0 Å². The van der Waals surface area contributed by atoms with E-state index in [0.29, 0.717) is 5.96 Å². The molecular weight excluding hydrogens is 198 g/mol. The summed E-state index contributed by atoms with van der Waals surface area (Å²) in [6, 6.07) is 6.59. The monoisotopic (exact) mass is 215 g/mol. The first-order valence-electron chi connectivity index (χ1n) is 5.84. The Hall–Kier alpha value is -1.51. The van der Waals surface area contributed by atoms with Gasteiger partial charge < -0.3 is 11.1 Å². The molecule has 0 saturated carbocycles. The van der Waals surface area contributed by atoms with Gasteiger partial charge in [-0.25, -0.2) is 0 Å². The summed E-state index contributed by atoms with van der Waals surface area (Å²) in [6.45, 7) is 3.02. The molecular formula is C13H17N3. The summed E-state index contributed by atoms with van der Waals surface area (Å²) in [6.07, 6.45) is 3.32. The number of nitrogens with two attached hydrogens (primary N) is 1. The van der Waals surface area contributed by atoms with E-state index < -0.39 is 0 Å². The Morgan fingerprint density at radius 3 is 3.06 bits per heavy atom. The van der Waals surface area contributed by atoms with Crippen LogP contribution in [0.5, 0.6) is 0 Å². The lowest BCUT2D eigenvalue weighted by molar-refractivity contribution is 0.360. The molecule has 1 aromatic carbocycles. The zero-order valence-corrected chi connectivity index (χ0v) is 9.59. The molecule has 3 nitrogen and oxygen atoms in total. The summed E-state index contributed by atoms with van der Waals surface area (Å²) >= 11 is 0. The van der Waals surface area contributed by atoms with E-state index in [2.05, 4.69) is 35.4 Å². The second kappa shape index (κ2) is 3.24. The van der Waals surface area contributed by atoms with E-state index in [1.165, 1.54) is 16.7 Å². The first-order chi connectivity index (χ1) is 7.69. The minimum atomic E-state index is 0.100. The van der Waals surface area contributed by atoms with Crippen molar-refractivity contribution in [3.05, 3.63) is 34.9 Å². The summed E-state index contributed by atoms with van der Waals surface area (Å²) in [5, 5.41) is 3.37. The van der Waals surface area contributed by atoms with E-state index in [4.69, 9.17) is 5.73 Å². The topological polar surface area (TPSA) is 50.4 Å². The number of hydrogen-bond acceptors (Lipinski definition) is 3.